The molecule has 0 unspecified atom stereocenters. The van der Waals surface area contributed by atoms with Crippen LogP contribution in [0.3, 0.4) is 0 Å². The van der Waals surface area contributed by atoms with Crippen LogP contribution >= 0.6 is 0 Å². The molecular weight excluding hydrogens is 160 g/mol. The molecule has 76 valence electrons. The van der Waals surface area contributed by atoms with Gasteiger partial charge < -0.3 is 10.2 Å². The monoisotopic (exact) mass is 182 g/mol. The fraction of sp³-hybridized carbons (Fsp3) is 1.00. The van der Waals surface area contributed by atoms with Gasteiger partial charge in [-0.25, -0.2) is 0 Å². The molecule has 0 amide bonds. The van der Waals surface area contributed by atoms with E-state index in [4.69, 9.17) is 0 Å². The molecule has 0 aromatic heterocycles. The highest BCUT2D eigenvalue weighted by Crippen LogP contribution is 2.47. The second kappa shape index (κ2) is 3.97. The third-order valence-electron chi connectivity index (χ3n) is 3.56. The average molecular weight is 182 g/mol. The molecule has 2 rings (SSSR count). The van der Waals surface area contributed by atoms with Crippen LogP contribution in [0, 0.1) is 5.41 Å². The van der Waals surface area contributed by atoms with Gasteiger partial charge in [0.1, 0.15) is 0 Å². The zero-order valence-electron chi connectivity index (χ0n) is 8.81. The first-order chi connectivity index (χ1) is 6.35. The molecule has 0 aromatic carbocycles. The molecule has 2 fully saturated rings. The summed E-state index contributed by atoms with van der Waals surface area (Å²) in [7, 11) is 0. The predicted octanol–water partition coefficient (Wildman–Crippen LogP) is 1.47. The van der Waals surface area contributed by atoms with E-state index in [1.165, 1.54) is 58.4 Å². The minimum atomic E-state index is 0.810. The van der Waals surface area contributed by atoms with Crippen LogP contribution in [-0.4, -0.2) is 37.6 Å². The fourth-order valence-electron chi connectivity index (χ4n) is 2.59. The molecule has 1 aliphatic carbocycles. The molecule has 2 aliphatic rings. The van der Waals surface area contributed by atoms with Gasteiger partial charge in [0.15, 0.2) is 0 Å². The van der Waals surface area contributed by atoms with Gasteiger partial charge in [-0.15, -0.1) is 0 Å². The van der Waals surface area contributed by atoms with Crippen molar-refractivity contribution < 1.29 is 0 Å². The maximum Gasteiger partial charge on any atom is 0.0107 e. The summed E-state index contributed by atoms with van der Waals surface area (Å²) in [5.74, 6) is 0. The summed E-state index contributed by atoms with van der Waals surface area (Å²) in [6.45, 7) is 8.63. The lowest BCUT2D eigenvalue weighted by Crippen LogP contribution is -2.60. The van der Waals surface area contributed by atoms with Crippen molar-refractivity contribution in [1.82, 2.24) is 10.2 Å². The molecule has 2 nitrogen and oxygen atoms in total. The fourth-order valence-corrected chi connectivity index (χ4v) is 2.59. The van der Waals surface area contributed by atoms with Crippen molar-refractivity contribution in [1.29, 1.82) is 0 Å². The van der Waals surface area contributed by atoms with Crippen LogP contribution in [0.4, 0.5) is 0 Å². The van der Waals surface area contributed by atoms with Crippen LogP contribution in [0.25, 0.3) is 0 Å². The van der Waals surface area contributed by atoms with Crippen LogP contribution in [0.5, 0.6) is 0 Å². The number of nitrogens with one attached hydrogen (secondary N) is 1. The Kier molecular flexibility index (Phi) is 2.89. The highest BCUT2D eigenvalue weighted by Gasteiger charge is 2.46. The minimum Gasteiger partial charge on any atom is -0.315 e. The summed E-state index contributed by atoms with van der Waals surface area (Å²) in [4.78, 5) is 2.60. The summed E-state index contributed by atoms with van der Waals surface area (Å²) >= 11 is 0. The molecule has 1 saturated carbocycles. The Hall–Kier alpha value is -0.0800. The maximum atomic E-state index is 3.46. The molecule has 0 atom stereocenters. The highest BCUT2D eigenvalue weighted by molar-refractivity contribution is 5.00. The van der Waals surface area contributed by atoms with Gasteiger partial charge in [-0.2, -0.15) is 0 Å². The van der Waals surface area contributed by atoms with Gasteiger partial charge in [-0.3, -0.25) is 0 Å². The van der Waals surface area contributed by atoms with Gasteiger partial charge in [0.2, 0.25) is 0 Å². The number of hydrogen-bond donors (Lipinski definition) is 1. The van der Waals surface area contributed by atoms with E-state index in [-0.39, 0.29) is 0 Å². The summed E-state index contributed by atoms with van der Waals surface area (Å²) in [5, 5.41) is 3.46. The first-order valence-electron chi connectivity index (χ1n) is 5.78. The largest absolute Gasteiger partial charge is 0.315 e. The molecule has 1 aliphatic heterocycles. The molecule has 13 heavy (non-hydrogen) atoms. The molecule has 1 N–H and O–H groups in total. The molecule has 0 radical (unpaired) electrons. The average Bonchev–Trinajstić information content (AvgIpc) is 1.97. The van der Waals surface area contributed by atoms with E-state index in [0.717, 1.165) is 5.41 Å². The van der Waals surface area contributed by atoms with Gasteiger partial charge in [-0.05, 0) is 31.2 Å². The van der Waals surface area contributed by atoms with E-state index in [2.05, 4.69) is 17.1 Å². The van der Waals surface area contributed by atoms with Crippen molar-refractivity contribution in [2.24, 2.45) is 5.41 Å². The summed E-state index contributed by atoms with van der Waals surface area (Å²) < 4.78 is 0. The lowest BCUT2D eigenvalue weighted by Gasteiger charge is -2.56. The standard InChI is InChI=1S/C11H22N2/c1-2-6-12-7-8-13-9-11(10-13)4-3-5-11/h12H,2-10H2,1H3. The smallest absolute Gasteiger partial charge is 0.0107 e. The Bertz CT molecular complexity index is 155. The summed E-state index contributed by atoms with van der Waals surface area (Å²) in [5.41, 5.74) is 0.810. The lowest BCUT2D eigenvalue weighted by atomic mass is 9.63. The third-order valence-corrected chi connectivity index (χ3v) is 3.56. The van der Waals surface area contributed by atoms with Crippen molar-refractivity contribution >= 4 is 0 Å². The second-order valence-corrected chi connectivity index (χ2v) is 4.81. The number of nitrogens with zero attached hydrogens (tertiary/aromatic N) is 1. The van der Waals surface area contributed by atoms with Crippen LogP contribution in [0.2, 0.25) is 0 Å². The maximum absolute atomic E-state index is 3.46. The summed E-state index contributed by atoms with van der Waals surface area (Å²) in [6.07, 6.45) is 5.75. The Morgan fingerprint density at radius 2 is 2.00 bits per heavy atom. The third kappa shape index (κ3) is 2.05. The number of hydrogen-bond acceptors (Lipinski definition) is 2. The van der Waals surface area contributed by atoms with Crippen LogP contribution in [0.15, 0.2) is 0 Å². The van der Waals surface area contributed by atoms with Crippen LogP contribution in [-0.2, 0) is 0 Å². The lowest BCUT2D eigenvalue weighted by molar-refractivity contribution is -0.0584. The Morgan fingerprint density at radius 3 is 2.54 bits per heavy atom. The van der Waals surface area contributed by atoms with Crippen molar-refractivity contribution in [3.05, 3.63) is 0 Å². The van der Waals surface area contributed by atoms with Crippen LogP contribution in [0.1, 0.15) is 32.6 Å². The van der Waals surface area contributed by atoms with E-state index in [1.807, 2.05) is 0 Å². The Labute approximate surface area is 81.7 Å². The molecule has 1 spiro atoms. The van der Waals surface area contributed by atoms with Gasteiger partial charge in [0.05, 0.1) is 0 Å². The molecule has 0 aromatic rings. The number of rotatable bonds is 5. The molecular formula is C11H22N2. The van der Waals surface area contributed by atoms with E-state index >= 15 is 0 Å². The zero-order valence-corrected chi connectivity index (χ0v) is 8.81. The molecule has 0 bridgehead atoms. The van der Waals surface area contributed by atoms with E-state index in [9.17, 15) is 0 Å². The van der Waals surface area contributed by atoms with E-state index in [1.54, 1.807) is 0 Å². The van der Waals surface area contributed by atoms with E-state index in [0.29, 0.717) is 0 Å². The highest BCUT2D eigenvalue weighted by atomic mass is 15.2. The van der Waals surface area contributed by atoms with Crippen molar-refractivity contribution in [2.75, 3.05) is 32.7 Å². The van der Waals surface area contributed by atoms with Crippen molar-refractivity contribution in [3.63, 3.8) is 0 Å². The summed E-state index contributed by atoms with van der Waals surface area (Å²) in [6, 6.07) is 0. The van der Waals surface area contributed by atoms with Crippen LogP contribution < -0.4 is 5.32 Å². The van der Waals surface area contributed by atoms with Crippen molar-refractivity contribution in [2.45, 2.75) is 32.6 Å². The predicted molar refractivity (Wildman–Crippen MR) is 55.9 cm³/mol. The van der Waals surface area contributed by atoms with Gasteiger partial charge >= 0.3 is 0 Å². The minimum absolute atomic E-state index is 0.810. The van der Waals surface area contributed by atoms with Gasteiger partial charge in [0, 0.05) is 26.2 Å². The molecule has 1 heterocycles. The topological polar surface area (TPSA) is 15.3 Å². The SMILES string of the molecule is CCCNCCN1CC2(CCC2)C1. The van der Waals surface area contributed by atoms with Crippen molar-refractivity contribution in [3.8, 4) is 0 Å². The zero-order chi connectivity index (χ0) is 9.15. The Balaban J connectivity index is 1.49. The molecule has 1 saturated heterocycles. The Morgan fingerprint density at radius 1 is 1.23 bits per heavy atom. The van der Waals surface area contributed by atoms with Gasteiger partial charge in [-0.1, -0.05) is 13.3 Å². The van der Waals surface area contributed by atoms with Gasteiger partial charge in [0.25, 0.3) is 0 Å². The molecule has 2 heteroatoms. The van der Waals surface area contributed by atoms with E-state index < -0.39 is 0 Å². The first-order valence-corrected chi connectivity index (χ1v) is 5.78. The first kappa shape index (κ1) is 9.47. The number of likely N-dealkylation sites (tertiary alicyclic amines) is 1. The normalized spacial score (nSPS) is 25.6. The quantitative estimate of drug-likeness (QED) is 0.648. The second-order valence-electron chi connectivity index (χ2n) is 4.81.